The highest BCUT2D eigenvalue weighted by Gasteiger charge is 2.43. The van der Waals surface area contributed by atoms with E-state index in [4.69, 9.17) is 9.47 Å². The highest BCUT2D eigenvalue weighted by atomic mass is 16.5. The highest BCUT2D eigenvalue weighted by molar-refractivity contribution is 5.97. The summed E-state index contributed by atoms with van der Waals surface area (Å²) in [6, 6.07) is -6.70. The zero-order chi connectivity index (χ0) is 39.2. The van der Waals surface area contributed by atoms with Gasteiger partial charge in [-0.1, -0.05) is 39.8 Å². The van der Waals surface area contributed by atoms with Crippen molar-refractivity contribution in [1.29, 1.82) is 0 Å². The maximum absolute atomic E-state index is 13.8. The van der Waals surface area contributed by atoms with Gasteiger partial charge in [-0.15, -0.1) is 0 Å². The monoisotopic (exact) mass is 751 g/mol. The molecule has 53 heavy (non-hydrogen) atoms. The fourth-order valence-corrected chi connectivity index (χ4v) is 6.21. The summed E-state index contributed by atoms with van der Waals surface area (Å²) in [7, 11) is 1.16. The first-order chi connectivity index (χ1) is 25.2. The molecule has 19 heteroatoms. The smallest absolute Gasteiger partial charge is 0.407 e. The summed E-state index contributed by atoms with van der Waals surface area (Å²) < 4.78 is 15.8. The minimum Gasteiger partial charge on any atom is -0.468 e. The molecule has 0 aromatic heterocycles. The fourth-order valence-electron chi connectivity index (χ4n) is 6.21. The number of carboxylic acid groups (broad SMARTS) is 1. The molecule has 0 bridgehead atoms. The van der Waals surface area contributed by atoms with Crippen molar-refractivity contribution in [2.45, 2.75) is 89.6 Å². The van der Waals surface area contributed by atoms with Gasteiger partial charge in [0.25, 0.3) is 0 Å². The van der Waals surface area contributed by atoms with Crippen molar-refractivity contribution in [3.05, 3.63) is 12.2 Å². The van der Waals surface area contributed by atoms with Crippen molar-refractivity contribution in [1.82, 2.24) is 36.4 Å². The van der Waals surface area contributed by atoms with Gasteiger partial charge in [-0.05, 0) is 37.5 Å². The van der Waals surface area contributed by atoms with Gasteiger partial charge in [0.2, 0.25) is 35.4 Å². The number of nitrogens with zero attached hydrogens (tertiary/aromatic N) is 2. The molecule has 19 nitrogen and oxygen atoms in total. The molecule has 6 atom stereocenters. The van der Waals surface area contributed by atoms with Crippen LogP contribution >= 0.6 is 0 Å². The van der Waals surface area contributed by atoms with E-state index in [0.717, 1.165) is 12.0 Å². The summed E-state index contributed by atoms with van der Waals surface area (Å²) in [5.74, 6) is -5.63. The van der Waals surface area contributed by atoms with Crippen LogP contribution in [0.1, 0.15) is 53.4 Å². The molecule has 296 valence electrons. The molecule has 0 saturated carbocycles. The van der Waals surface area contributed by atoms with E-state index in [2.05, 4.69) is 31.3 Å². The molecule has 3 rings (SSSR count). The Morgan fingerprint density at radius 2 is 1.36 bits per heavy atom. The first kappa shape index (κ1) is 42.6. The van der Waals surface area contributed by atoms with Gasteiger partial charge in [0, 0.05) is 13.1 Å². The number of carbonyl (C=O) groups excluding carboxylic acids is 7. The number of esters is 1. The van der Waals surface area contributed by atoms with Crippen LogP contribution in [0.5, 0.6) is 0 Å². The Balaban J connectivity index is 1.81. The summed E-state index contributed by atoms with van der Waals surface area (Å²) in [4.78, 5) is 107. The van der Waals surface area contributed by atoms with Crippen LogP contribution in [0.25, 0.3) is 0 Å². The Kier molecular flexibility index (Phi) is 16.5. The molecule has 0 radical (unpaired) electrons. The molecule has 0 aromatic rings. The van der Waals surface area contributed by atoms with Crippen LogP contribution in [-0.4, -0.2) is 152 Å². The minimum atomic E-state index is -1.30. The van der Waals surface area contributed by atoms with Crippen LogP contribution in [0, 0.1) is 11.8 Å². The summed E-state index contributed by atoms with van der Waals surface area (Å²) in [6.45, 7) is 6.13. The predicted octanol–water partition coefficient (Wildman–Crippen LogP) is -1.74. The summed E-state index contributed by atoms with van der Waals surface area (Å²) >= 11 is 0. The first-order valence-electron chi connectivity index (χ1n) is 17.8. The maximum atomic E-state index is 13.8. The zero-order valence-electron chi connectivity index (χ0n) is 30.9. The highest BCUT2D eigenvalue weighted by Crippen LogP contribution is 2.25. The number of ether oxygens (including phenoxy) is 3. The van der Waals surface area contributed by atoms with Crippen molar-refractivity contribution >= 4 is 47.5 Å². The van der Waals surface area contributed by atoms with Crippen molar-refractivity contribution in [2.24, 2.45) is 11.8 Å². The lowest BCUT2D eigenvalue weighted by Crippen LogP contribution is -2.62. The Hall–Kier alpha value is -4.78. The van der Waals surface area contributed by atoms with Crippen LogP contribution < -0.4 is 26.6 Å². The van der Waals surface area contributed by atoms with E-state index in [0.29, 0.717) is 25.7 Å². The van der Waals surface area contributed by atoms with Gasteiger partial charge in [0.15, 0.2) is 0 Å². The lowest BCUT2D eigenvalue weighted by molar-refractivity contribution is -0.142. The molecule has 7 amide bonds. The number of likely N-dealkylation sites (tertiary alicyclic amines) is 2. The van der Waals surface area contributed by atoms with E-state index in [9.17, 15) is 43.5 Å². The van der Waals surface area contributed by atoms with Crippen molar-refractivity contribution in [2.75, 3.05) is 53.2 Å². The van der Waals surface area contributed by atoms with E-state index in [-0.39, 0.29) is 39.5 Å². The largest absolute Gasteiger partial charge is 0.468 e. The van der Waals surface area contributed by atoms with Crippen LogP contribution in [0.3, 0.4) is 0 Å². The second kappa shape index (κ2) is 20.5. The summed E-state index contributed by atoms with van der Waals surface area (Å²) in [6.07, 6.45) is 3.63. The number of hydrogen-bond acceptors (Lipinski definition) is 11. The third-order valence-electron chi connectivity index (χ3n) is 9.18. The molecule has 3 heterocycles. The molecule has 3 aliphatic heterocycles. The minimum absolute atomic E-state index is 0.00702. The molecule has 2 saturated heterocycles. The molecular weight excluding hydrogens is 698 g/mol. The van der Waals surface area contributed by atoms with Crippen LogP contribution in [0.2, 0.25) is 0 Å². The van der Waals surface area contributed by atoms with E-state index in [1.54, 1.807) is 39.8 Å². The molecule has 0 aromatic carbocycles. The molecule has 2 fully saturated rings. The lowest BCUT2D eigenvalue weighted by atomic mass is 9.99. The Labute approximate surface area is 308 Å². The number of hydrogen-bond donors (Lipinski definition) is 6. The van der Waals surface area contributed by atoms with Crippen LogP contribution in [-0.2, 0) is 47.8 Å². The predicted molar refractivity (Wildman–Crippen MR) is 186 cm³/mol. The van der Waals surface area contributed by atoms with E-state index in [1.807, 2.05) is 0 Å². The number of nitrogens with one attached hydrogen (secondary N) is 5. The van der Waals surface area contributed by atoms with Crippen LogP contribution in [0.4, 0.5) is 4.79 Å². The quantitative estimate of drug-likeness (QED) is 0.120. The first-order valence-corrected chi connectivity index (χ1v) is 17.8. The SMILES string of the molecule is COC(=O)CNC(=O)[C@@H]1COCC=CCOC[C@H](NC(=O)[C@H]2CCCN2C(=O)C2CCCN2C(=O)O)C(=O)N[C@@H](C(C)C)C(=O)N[C@@H](C(C)C)C(=O)N1. The van der Waals surface area contributed by atoms with E-state index < -0.39 is 102 Å². The molecule has 0 aliphatic carbocycles. The summed E-state index contributed by atoms with van der Waals surface area (Å²) in [5.41, 5.74) is 0. The molecule has 6 N–H and O–H groups in total. The molecule has 3 aliphatic rings. The Morgan fingerprint density at radius 1 is 0.811 bits per heavy atom. The number of carbonyl (C=O) groups is 8. The van der Waals surface area contributed by atoms with Gasteiger partial charge in [0.05, 0.1) is 33.5 Å². The van der Waals surface area contributed by atoms with Gasteiger partial charge in [-0.25, -0.2) is 4.79 Å². The van der Waals surface area contributed by atoms with E-state index in [1.165, 1.54) is 4.90 Å². The van der Waals surface area contributed by atoms with E-state index >= 15 is 0 Å². The van der Waals surface area contributed by atoms with Gasteiger partial charge in [-0.3, -0.25) is 38.5 Å². The number of methoxy groups -OCH3 is 1. The third-order valence-corrected chi connectivity index (χ3v) is 9.18. The number of amides is 7. The third kappa shape index (κ3) is 12.1. The normalized spacial score (nSPS) is 26.6. The average molecular weight is 752 g/mol. The maximum Gasteiger partial charge on any atom is 0.407 e. The standard InChI is InChI=1S/C34H53N7O12/c1-19(2)26-31(46)37-21(28(43)35-16-25(42)51-5)17-52-14-6-7-15-53-18-22(29(44)38-27(20(3)4)32(47)39-26)36-30(45)23-10-8-12-40(23)33(48)24-11-9-13-41(24)34(49)50/h6-7,19-24,26-27H,8-18H2,1-5H3,(H,35,43)(H,36,45)(H,37,46)(H,38,44)(H,39,47)(H,49,50)/t21-,22-,23+,24?,26-,27-/m0/s1. The van der Waals surface area contributed by atoms with Gasteiger partial charge >= 0.3 is 12.1 Å². The average Bonchev–Trinajstić information content (AvgIpc) is 3.81. The molecule has 0 spiro atoms. The fraction of sp³-hybridized carbons (Fsp3) is 0.706. The second-order valence-corrected chi connectivity index (χ2v) is 13.7. The second-order valence-electron chi connectivity index (χ2n) is 13.7. The van der Waals surface area contributed by atoms with Gasteiger partial charge in [-0.2, -0.15) is 0 Å². The van der Waals surface area contributed by atoms with Crippen molar-refractivity contribution < 1.29 is 57.7 Å². The van der Waals surface area contributed by atoms with Gasteiger partial charge in [0.1, 0.15) is 42.8 Å². The zero-order valence-corrected chi connectivity index (χ0v) is 30.9. The topological polar surface area (TPSA) is 251 Å². The molecular formula is C34H53N7O12. The van der Waals surface area contributed by atoms with Crippen molar-refractivity contribution in [3.8, 4) is 0 Å². The molecule has 1 unspecified atom stereocenters. The lowest BCUT2D eigenvalue weighted by Gasteiger charge is -2.31. The summed E-state index contributed by atoms with van der Waals surface area (Å²) in [5, 5.41) is 22.5. The van der Waals surface area contributed by atoms with Crippen LogP contribution in [0.15, 0.2) is 12.2 Å². The van der Waals surface area contributed by atoms with Gasteiger partial charge < -0.3 is 50.8 Å². The Morgan fingerprint density at radius 3 is 1.94 bits per heavy atom. The Bertz CT molecular complexity index is 1390. The number of rotatable bonds is 8. The van der Waals surface area contributed by atoms with Crippen molar-refractivity contribution in [3.63, 3.8) is 0 Å².